The Bertz CT molecular complexity index is 443. The fourth-order valence-electron chi connectivity index (χ4n) is 1.73. The molecular formula is C13H20N4O. The SMILES string of the molecule is CCc1cc(NC(C)C(=O)NC2CC2)nc(C)n1. The summed E-state index contributed by atoms with van der Waals surface area (Å²) in [5.74, 6) is 1.48. The van der Waals surface area contributed by atoms with Crippen molar-refractivity contribution in [2.75, 3.05) is 5.32 Å². The molecule has 0 aromatic carbocycles. The van der Waals surface area contributed by atoms with Crippen LogP contribution in [0.2, 0.25) is 0 Å². The Labute approximate surface area is 107 Å². The number of hydrogen-bond acceptors (Lipinski definition) is 4. The smallest absolute Gasteiger partial charge is 0.242 e. The standard InChI is InChI=1S/C13H20N4O/c1-4-10-7-12(16-9(3)15-10)14-8(2)13(18)17-11-5-6-11/h7-8,11H,4-6H2,1-3H3,(H,17,18)(H,14,15,16). The predicted molar refractivity (Wildman–Crippen MR) is 70.4 cm³/mol. The Morgan fingerprint density at radius 3 is 2.83 bits per heavy atom. The molecule has 1 amide bonds. The van der Waals surface area contributed by atoms with Gasteiger partial charge in [-0.25, -0.2) is 9.97 Å². The molecule has 1 atom stereocenters. The molecule has 0 saturated heterocycles. The average Bonchev–Trinajstić information content (AvgIpc) is 3.11. The molecule has 2 rings (SSSR count). The first-order valence-corrected chi connectivity index (χ1v) is 6.50. The van der Waals surface area contributed by atoms with Crippen LogP contribution in [0.15, 0.2) is 6.07 Å². The van der Waals surface area contributed by atoms with Crippen LogP contribution in [0.3, 0.4) is 0 Å². The second-order valence-electron chi connectivity index (χ2n) is 4.79. The molecule has 5 nitrogen and oxygen atoms in total. The molecule has 0 spiro atoms. The minimum atomic E-state index is -0.274. The summed E-state index contributed by atoms with van der Waals surface area (Å²) in [6.07, 6.45) is 3.07. The molecule has 1 saturated carbocycles. The van der Waals surface area contributed by atoms with Gasteiger partial charge in [-0.05, 0) is 33.1 Å². The molecule has 1 heterocycles. The van der Waals surface area contributed by atoms with Crippen molar-refractivity contribution in [2.45, 2.75) is 52.1 Å². The van der Waals surface area contributed by atoms with Gasteiger partial charge in [0.25, 0.3) is 0 Å². The Hall–Kier alpha value is -1.65. The van der Waals surface area contributed by atoms with Crippen LogP contribution in [-0.2, 0) is 11.2 Å². The zero-order valence-electron chi connectivity index (χ0n) is 11.2. The van der Waals surface area contributed by atoms with E-state index in [1.165, 1.54) is 0 Å². The van der Waals surface area contributed by atoms with E-state index in [0.717, 1.165) is 36.6 Å². The van der Waals surface area contributed by atoms with Gasteiger partial charge in [-0.15, -0.1) is 0 Å². The summed E-state index contributed by atoms with van der Waals surface area (Å²) in [7, 11) is 0. The minimum absolute atomic E-state index is 0.0341. The number of aromatic nitrogens is 2. The molecule has 5 heteroatoms. The van der Waals surface area contributed by atoms with Crippen molar-refractivity contribution in [3.8, 4) is 0 Å². The molecule has 1 aliphatic rings. The largest absolute Gasteiger partial charge is 0.359 e. The first kappa shape index (κ1) is 12.8. The Balaban J connectivity index is 1.98. The summed E-state index contributed by atoms with van der Waals surface area (Å²) in [5.41, 5.74) is 0.986. The molecule has 2 N–H and O–H groups in total. The molecule has 1 aromatic heterocycles. The van der Waals surface area contributed by atoms with Gasteiger partial charge >= 0.3 is 0 Å². The monoisotopic (exact) mass is 248 g/mol. The molecule has 1 fully saturated rings. The van der Waals surface area contributed by atoms with Crippen molar-refractivity contribution in [1.82, 2.24) is 15.3 Å². The number of aryl methyl sites for hydroxylation is 2. The lowest BCUT2D eigenvalue weighted by atomic mass is 10.2. The summed E-state index contributed by atoms with van der Waals surface area (Å²) >= 11 is 0. The average molecular weight is 248 g/mol. The first-order valence-electron chi connectivity index (χ1n) is 6.50. The molecule has 1 unspecified atom stereocenters. The maximum Gasteiger partial charge on any atom is 0.242 e. The third-order valence-electron chi connectivity index (χ3n) is 2.93. The van der Waals surface area contributed by atoms with Gasteiger partial charge in [-0.1, -0.05) is 6.92 Å². The first-order chi connectivity index (χ1) is 8.58. The van der Waals surface area contributed by atoms with E-state index in [2.05, 4.69) is 27.5 Å². The van der Waals surface area contributed by atoms with E-state index in [4.69, 9.17) is 0 Å². The molecule has 98 valence electrons. The number of amides is 1. The number of nitrogens with one attached hydrogen (secondary N) is 2. The minimum Gasteiger partial charge on any atom is -0.359 e. The highest BCUT2D eigenvalue weighted by Gasteiger charge is 2.25. The van der Waals surface area contributed by atoms with E-state index in [0.29, 0.717) is 6.04 Å². The number of carbonyl (C=O) groups excluding carboxylic acids is 1. The molecular weight excluding hydrogens is 228 g/mol. The van der Waals surface area contributed by atoms with E-state index >= 15 is 0 Å². The van der Waals surface area contributed by atoms with Gasteiger partial charge in [-0.2, -0.15) is 0 Å². The van der Waals surface area contributed by atoms with Crippen molar-refractivity contribution in [2.24, 2.45) is 0 Å². The van der Waals surface area contributed by atoms with E-state index in [1.807, 2.05) is 19.9 Å². The van der Waals surface area contributed by atoms with Gasteiger partial charge in [0.05, 0.1) is 0 Å². The van der Waals surface area contributed by atoms with E-state index in [-0.39, 0.29) is 11.9 Å². The summed E-state index contributed by atoms with van der Waals surface area (Å²) in [6, 6.07) is 2.01. The molecule has 1 aliphatic carbocycles. The maximum atomic E-state index is 11.8. The fraction of sp³-hybridized carbons (Fsp3) is 0.615. The lowest BCUT2D eigenvalue weighted by Crippen LogP contribution is -2.38. The van der Waals surface area contributed by atoms with Crippen molar-refractivity contribution >= 4 is 11.7 Å². The third kappa shape index (κ3) is 3.42. The number of anilines is 1. The number of hydrogen-bond donors (Lipinski definition) is 2. The van der Waals surface area contributed by atoms with Crippen molar-refractivity contribution in [3.63, 3.8) is 0 Å². The lowest BCUT2D eigenvalue weighted by Gasteiger charge is -2.15. The third-order valence-corrected chi connectivity index (χ3v) is 2.93. The Morgan fingerprint density at radius 2 is 2.22 bits per heavy atom. The summed E-state index contributed by atoms with van der Waals surface area (Å²) in [6.45, 7) is 5.76. The van der Waals surface area contributed by atoms with E-state index in [1.54, 1.807) is 0 Å². The fourth-order valence-corrected chi connectivity index (χ4v) is 1.73. The molecule has 0 aliphatic heterocycles. The zero-order chi connectivity index (χ0) is 13.1. The van der Waals surface area contributed by atoms with Crippen LogP contribution < -0.4 is 10.6 Å². The topological polar surface area (TPSA) is 66.9 Å². The van der Waals surface area contributed by atoms with E-state index < -0.39 is 0 Å². The van der Waals surface area contributed by atoms with Crippen LogP contribution in [0.25, 0.3) is 0 Å². The van der Waals surface area contributed by atoms with Gasteiger partial charge in [0.2, 0.25) is 5.91 Å². The van der Waals surface area contributed by atoms with Crippen LogP contribution in [0, 0.1) is 6.92 Å². The van der Waals surface area contributed by atoms with Crippen LogP contribution in [0.4, 0.5) is 5.82 Å². The van der Waals surface area contributed by atoms with Crippen LogP contribution >= 0.6 is 0 Å². The van der Waals surface area contributed by atoms with Crippen molar-refractivity contribution in [3.05, 3.63) is 17.6 Å². The summed E-state index contributed by atoms with van der Waals surface area (Å²) in [4.78, 5) is 20.4. The van der Waals surface area contributed by atoms with Gasteiger partial charge in [0.1, 0.15) is 17.7 Å². The molecule has 1 aromatic rings. The molecule has 0 radical (unpaired) electrons. The Morgan fingerprint density at radius 1 is 1.50 bits per heavy atom. The highest BCUT2D eigenvalue weighted by Crippen LogP contribution is 2.19. The molecule has 0 bridgehead atoms. The van der Waals surface area contributed by atoms with Crippen molar-refractivity contribution in [1.29, 1.82) is 0 Å². The van der Waals surface area contributed by atoms with Crippen LogP contribution in [-0.4, -0.2) is 28.0 Å². The second kappa shape index (κ2) is 5.33. The van der Waals surface area contributed by atoms with Gasteiger partial charge in [-0.3, -0.25) is 4.79 Å². The second-order valence-corrected chi connectivity index (χ2v) is 4.79. The highest BCUT2D eigenvalue weighted by atomic mass is 16.2. The van der Waals surface area contributed by atoms with Gasteiger partial charge < -0.3 is 10.6 Å². The number of rotatable bonds is 5. The van der Waals surface area contributed by atoms with Crippen LogP contribution in [0.5, 0.6) is 0 Å². The normalized spacial score (nSPS) is 16.2. The quantitative estimate of drug-likeness (QED) is 0.827. The zero-order valence-corrected chi connectivity index (χ0v) is 11.2. The molecule has 18 heavy (non-hydrogen) atoms. The van der Waals surface area contributed by atoms with Gasteiger partial charge in [0, 0.05) is 17.8 Å². The number of carbonyl (C=O) groups is 1. The summed E-state index contributed by atoms with van der Waals surface area (Å²) < 4.78 is 0. The maximum absolute atomic E-state index is 11.8. The Kier molecular flexibility index (Phi) is 3.79. The lowest BCUT2D eigenvalue weighted by molar-refractivity contribution is -0.121. The van der Waals surface area contributed by atoms with Crippen molar-refractivity contribution < 1.29 is 4.79 Å². The van der Waals surface area contributed by atoms with Gasteiger partial charge in [0.15, 0.2) is 0 Å². The summed E-state index contributed by atoms with van der Waals surface area (Å²) in [5, 5.41) is 6.10. The van der Waals surface area contributed by atoms with Crippen LogP contribution in [0.1, 0.15) is 38.2 Å². The highest BCUT2D eigenvalue weighted by molar-refractivity contribution is 5.84. The van der Waals surface area contributed by atoms with E-state index in [9.17, 15) is 4.79 Å². The number of nitrogens with zero attached hydrogens (tertiary/aromatic N) is 2. The predicted octanol–water partition coefficient (Wildman–Crippen LogP) is 1.43.